The van der Waals surface area contributed by atoms with Gasteiger partial charge in [-0.1, -0.05) is 52.1 Å². The van der Waals surface area contributed by atoms with E-state index in [2.05, 4.69) is 15.5 Å². The second-order valence-electron chi connectivity index (χ2n) is 7.08. The van der Waals surface area contributed by atoms with Gasteiger partial charge >= 0.3 is 6.03 Å². The van der Waals surface area contributed by atoms with Crippen LogP contribution in [0.25, 0.3) is 11.4 Å². The smallest absolute Gasteiger partial charge is 0.322 e. The molecule has 0 spiro atoms. The molecule has 8 heteroatoms. The number of hydrogen-bond acceptors (Lipinski definition) is 4. The third-order valence-electron chi connectivity index (χ3n) is 4.94. The number of halogens is 2. The molecule has 1 N–H and O–H groups in total. The molecule has 1 unspecified atom stereocenters. The predicted octanol–water partition coefficient (Wildman–Crippen LogP) is 6.11. The molecule has 2 aromatic carbocycles. The Hall–Kier alpha value is -2.57. The van der Waals surface area contributed by atoms with Crippen molar-refractivity contribution in [3.05, 3.63) is 64.0 Å². The van der Waals surface area contributed by atoms with E-state index in [4.69, 9.17) is 27.7 Å². The highest BCUT2D eigenvalue weighted by molar-refractivity contribution is 6.36. The maximum absolute atomic E-state index is 12.9. The number of aromatic nitrogens is 2. The van der Waals surface area contributed by atoms with Gasteiger partial charge in [0.15, 0.2) is 0 Å². The molecule has 29 heavy (non-hydrogen) atoms. The van der Waals surface area contributed by atoms with Crippen molar-refractivity contribution in [2.24, 2.45) is 0 Å². The Labute approximate surface area is 178 Å². The lowest BCUT2D eigenvalue weighted by Gasteiger charge is -2.33. The fourth-order valence-electron chi connectivity index (χ4n) is 3.48. The van der Waals surface area contributed by atoms with Crippen LogP contribution in [-0.2, 0) is 0 Å². The minimum absolute atomic E-state index is 0.255. The van der Waals surface area contributed by atoms with E-state index in [0.29, 0.717) is 34.0 Å². The van der Waals surface area contributed by atoms with Crippen LogP contribution >= 0.6 is 23.2 Å². The average molecular weight is 431 g/mol. The third kappa shape index (κ3) is 4.38. The molecular formula is C21H20Cl2N4O2. The number of urea groups is 1. The first-order valence-electron chi connectivity index (χ1n) is 9.44. The minimum Gasteiger partial charge on any atom is -0.337 e. The molecule has 4 rings (SSSR count). The van der Waals surface area contributed by atoms with E-state index in [-0.39, 0.29) is 12.1 Å². The third-order valence-corrected chi connectivity index (χ3v) is 5.49. The fourth-order valence-corrected chi connectivity index (χ4v) is 3.94. The molecule has 6 nitrogen and oxygen atoms in total. The molecule has 3 aromatic rings. The molecule has 1 aromatic heterocycles. The number of carbonyl (C=O) groups is 1. The molecule has 2 amide bonds. The number of nitrogens with one attached hydrogen (secondary N) is 1. The Morgan fingerprint density at radius 3 is 2.86 bits per heavy atom. The number of rotatable bonds is 3. The van der Waals surface area contributed by atoms with Crippen molar-refractivity contribution in [1.82, 2.24) is 15.0 Å². The standard InChI is InChI=1S/C21H20Cl2N4O2/c1-13-5-4-6-14(11-13)19-25-20(29-26-19)18-7-2-3-10-27(18)21(28)24-17-9-8-15(22)12-16(17)23/h4-6,8-9,11-12,18H,2-3,7,10H2,1H3,(H,24,28). The molecule has 150 valence electrons. The molecule has 1 atom stereocenters. The number of likely N-dealkylation sites (tertiary alicyclic amines) is 1. The van der Waals surface area contributed by atoms with E-state index < -0.39 is 0 Å². The number of piperidine rings is 1. The van der Waals surface area contributed by atoms with Crippen molar-refractivity contribution in [2.75, 3.05) is 11.9 Å². The monoisotopic (exact) mass is 430 g/mol. The molecule has 0 aliphatic carbocycles. The molecule has 0 saturated carbocycles. The van der Waals surface area contributed by atoms with Crippen LogP contribution < -0.4 is 5.32 Å². The van der Waals surface area contributed by atoms with Gasteiger partial charge in [-0.05, 0) is 50.5 Å². The fraction of sp³-hybridized carbons (Fsp3) is 0.286. The van der Waals surface area contributed by atoms with E-state index in [1.807, 2.05) is 31.2 Å². The predicted molar refractivity (Wildman–Crippen MR) is 113 cm³/mol. The summed E-state index contributed by atoms with van der Waals surface area (Å²) in [7, 11) is 0. The number of anilines is 1. The molecule has 2 heterocycles. The Morgan fingerprint density at radius 2 is 2.07 bits per heavy atom. The van der Waals surface area contributed by atoms with Crippen molar-refractivity contribution >= 4 is 34.9 Å². The van der Waals surface area contributed by atoms with Gasteiger partial charge in [0, 0.05) is 17.1 Å². The van der Waals surface area contributed by atoms with Gasteiger partial charge in [0.25, 0.3) is 0 Å². The Morgan fingerprint density at radius 1 is 1.21 bits per heavy atom. The van der Waals surface area contributed by atoms with Crippen LogP contribution in [0.5, 0.6) is 0 Å². The summed E-state index contributed by atoms with van der Waals surface area (Å²) in [6.45, 7) is 2.61. The SMILES string of the molecule is Cc1cccc(-c2noc(C3CCCCN3C(=O)Nc3ccc(Cl)cc3Cl)n2)c1. The maximum atomic E-state index is 12.9. The highest BCUT2D eigenvalue weighted by Gasteiger charge is 2.32. The second kappa shape index (κ2) is 8.43. The van der Waals surface area contributed by atoms with E-state index in [1.54, 1.807) is 23.1 Å². The lowest BCUT2D eigenvalue weighted by Crippen LogP contribution is -2.41. The molecule has 1 fully saturated rings. The average Bonchev–Trinajstić information content (AvgIpc) is 3.20. The quantitative estimate of drug-likeness (QED) is 0.543. The van der Waals surface area contributed by atoms with E-state index in [0.717, 1.165) is 30.4 Å². The largest absolute Gasteiger partial charge is 0.337 e. The van der Waals surface area contributed by atoms with Gasteiger partial charge in [-0.2, -0.15) is 4.98 Å². The van der Waals surface area contributed by atoms with Crippen LogP contribution in [0.1, 0.15) is 36.8 Å². The van der Waals surface area contributed by atoms with E-state index >= 15 is 0 Å². The van der Waals surface area contributed by atoms with E-state index in [9.17, 15) is 4.79 Å². The first kappa shape index (κ1) is 19.7. The number of amides is 2. The normalized spacial score (nSPS) is 16.7. The van der Waals surface area contributed by atoms with Crippen LogP contribution in [-0.4, -0.2) is 27.6 Å². The minimum atomic E-state index is -0.277. The highest BCUT2D eigenvalue weighted by Crippen LogP contribution is 2.33. The summed E-state index contributed by atoms with van der Waals surface area (Å²) in [4.78, 5) is 19.2. The number of hydrogen-bond donors (Lipinski definition) is 1. The lowest BCUT2D eigenvalue weighted by atomic mass is 10.0. The molecule has 1 saturated heterocycles. The Kier molecular flexibility index (Phi) is 5.74. The van der Waals surface area contributed by atoms with Crippen LogP contribution in [0.3, 0.4) is 0 Å². The lowest BCUT2D eigenvalue weighted by molar-refractivity contribution is 0.142. The van der Waals surface area contributed by atoms with Crippen LogP contribution in [0.4, 0.5) is 10.5 Å². The summed E-state index contributed by atoms with van der Waals surface area (Å²) in [5.74, 6) is 0.967. The van der Waals surface area contributed by atoms with Crippen molar-refractivity contribution < 1.29 is 9.32 Å². The zero-order valence-electron chi connectivity index (χ0n) is 15.9. The van der Waals surface area contributed by atoms with Gasteiger partial charge in [0.05, 0.1) is 10.7 Å². The van der Waals surface area contributed by atoms with Crippen LogP contribution in [0, 0.1) is 6.92 Å². The van der Waals surface area contributed by atoms with Crippen molar-refractivity contribution in [3.63, 3.8) is 0 Å². The van der Waals surface area contributed by atoms with Crippen LogP contribution in [0.2, 0.25) is 10.0 Å². The van der Waals surface area contributed by atoms with Gasteiger partial charge in [0.1, 0.15) is 6.04 Å². The molecule has 1 aliphatic rings. The summed E-state index contributed by atoms with van der Waals surface area (Å²) in [5.41, 5.74) is 2.52. The summed E-state index contributed by atoms with van der Waals surface area (Å²) in [6, 6.07) is 12.3. The Bertz CT molecular complexity index is 1040. The zero-order valence-corrected chi connectivity index (χ0v) is 17.4. The molecule has 0 radical (unpaired) electrons. The van der Waals surface area contributed by atoms with Crippen molar-refractivity contribution in [3.8, 4) is 11.4 Å². The number of nitrogens with zero attached hydrogens (tertiary/aromatic N) is 3. The highest BCUT2D eigenvalue weighted by atomic mass is 35.5. The van der Waals surface area contributed by atoms with Gasteiger partial charge in [-0.15, -0.1) is 0 Å². The van der Waals surface area contributed by atoms with Crippen LogP contribution in [0.15, 0.2) is 47.0 Å². The summed E-state index contributed by atoms with van der Waals surface area (Å²) in [5, 5.41) is 7.88. The van der Waals surface area contributed by atoms with Gasteiger partial charge in [-0.25, -0.2) is 4.79 Å². The first-order valence-corrected chi connectivity index (χ1v) is 10.2. The Balaban J connectivity index is 1.55. The van der Waals surface area contributed by atoms with Gasteiger partial charge in [0.2, 0.25) is 11.7 Å². The van der Waals surface area contributed by atoms with Crippen molar-refractivity contribution in [1.29, 1.82) is 0 Å². The second-order valence-corrected chi connectivity index (χ2v) is 7.93. The summed E-state index contributed by atoms with van der Waals surface area (Å²) >= 11 is 12.1. The number of aryl methyl sites for hydroxylation is 1. The van der Waals surface area contributed by atoms with E-state index in [1.165, 1.54) is 0 Å². The molecule has 1 aliphatic heterocycles. The number of carbonyl (C=O) groups excluding carboxylic acids is 1. The molecular weight excluding hydrogens is 411 g/mol. The maximum Gasteiger partial charge on any atom is 0.322 e. The first-order chi connectivity index (χ1) is 14.0. The zero-order chi connectivity index (χ0) is 20.4. The summed E-state index contributed by atoms with van der Waals surface area (Å²) in [6.07, 6.45) is 2.66. The number of benzene rings is 2. The summed E-state index contributed by atoms with van der Waals surface area (Å²) < 4.78 is 5.54. The van der Waals surface area contributed by atoms with Gasteiger partial charge < -0.3 is 14.7 Å². The topological polar surface area (TPSA) is 71.3 Å². The molecule has 0 bridgehead atoms. The van der Waals surface area contributed by atoms with Crippen molar-refractivity contribution in [2.45, 2.75) is 32.2 Å². The van der Waals surface area contributed by atoms with Gasteiger partial charge in [-0.3, -0.25) is 0 Å².